The van der Waals surface area contributed by atoms with E-state index >= 15 is 0 Å². The molecule has 270 valence electrons. The molecule has 51 heavy (non-hydrogen) atoms. The summed E-state index contributed by atoms with van der Waals surface area (Å²) < 4.78 is 26.2. The van der Waals surface area contributed by atoms with Crippen LogP contribution in [0.5, 0.6) is 17.2 Å². The number of ether oxygens (including phenoxy) is 5. The first-order valence-electron chi connectivity index (χ1n) is 15.9. The van der Waals surface area contributed by atoms with Crippen LogP contribution >= 0.6 is 23.2 Å². The van der Waals surface area contributed by atoms with Crippen molar-refractivity contribution in [3.63, 3.8) is 0 Å². The summed E-state index contributed by atoms with van der Waals surface area (Å²) in [6.07, 6.45) is 2.03. The molecule has 0 aliphatic rings. The Morgan fingerprint density at radius 1 is 0.647 bits per heavy atom. The molecule has 4 aromatic rings. The number of hydrogen-bond donors (Lipinski definition) is 1. The number of esters is 2. The molecule has 0 heterocycles. The smallest absolute Gasteiger partial charge is 0.343 e. The first kappa shape index (κ1) is 40.5. The van der Waals surface area contributed by atoms with Crippen LogP contribution in [0.1, 0.15) is 77.9 Å². The van der Waals surface area contributed by atoms with Crippen molar-refractivity contribution in [3.8, 4) is 17.2 Å². The van der Waals surface area contributed by atoms with Crippen molar-refractivity contribution in [3.05, 3.63) is 122 Å². The number of Topliss-reactive ketones (excluding diaryl/α,β-unsaturated/α-hetero) is 2. The van der Waals surface area contributed by atoms with Crippen LogP contribution in [0.25, 0.3) is 0 Å². The first-order chi connectivity index (χ1) is 24.4. The summed E-state index contributed by atoms with van der Waals surface area (Å²) >= 11 is 12.1. The van der Waals surface area contributed by atoms with Crippen molar-refractivity contribution in [2.45, 2.75) is 40.2 Å². The Kier molecular flexibility index (Phi) is 16.0. The number of benzene rings is 4. The van der Waals surface area contributed by atoms with Gasteiger partial charge in [0.2, 0.25) is 0 Å². The average Bonchev–Trinajstić information content (AvgIpc) is 3.14. The van der Waals surface area contributed by atoms with E-state index in [4.69, 9.17) is 52.0 Å². The standard InChI is InChI=1S/C21H23ClO5.C18H17ClO5/c1-4-5-12-26-16-9-7-15(8-10-16)18(23)13-27-21(24)19-17(22)11-6-14(2)20(19)25-3;1-11-3-8-14(19)16(17(11)23-2)18(22)24-10-15(21)13-6-4-12(9-20)5-7-13/h6-11H,4-5,12-13H2,1-3H3;3-8,20H,9-10H2,1-2H3. The molecular formula is C39H40Cl2O10. The van der Waals surface area contributed by atoms with Gasteiger partial charge in [-0.3, -0.25) is 9.59 Å². The topological polar surface area (TPSA) is 135 Å². The molecule has 4 aromatic carbocycles. The van der Waals surface area contributed by atoms with Crippen molar-refractivity contribution >= 4 is 46.7 Å². The Morgan fingerprint density at radius 2 is 1.08 bits per heavy atom. The number of methoxy groups -OCH3 is 2. The van der Waals surface area contributed by atoms with Gasteiger partial charge in [0.15, 0.2) is 24.8 Å². The minimum Gasteiger partial charge on any atom is -0.496 e. The molecule has 1 N–H and O–H groups in total. The molecule has 0 spiro atoms. The molecule has 0 radical (unpaired) electrons. The highest BCUT2D eigenvalue weighted by Gasteiger charge is 2.22. The maximum atomic E-state index is 12.4. The number of hydrogen-bond acceptors (Lipinski definition) is 10. The number of aryl methyl sites for hydroxylation is 2. The highest BCUT2D eigenvalue weighted by Crippen LogP contribution is 2.32. The van der Waals surface area contributed by atoms with Crippen molar-refractivity contribution < 1.29 is 48.0 Å². The zero-order chi connectivity index (χ0) is 37.5. The van der Waals surface area contributed by atoms with Crippen LogP contribution < -0.4 is 14.2 Å². The summed E-state index contributed by atoms with van der Waals surface area (Å²) in [4.78, 5) is 49.0. The Morgan fingerprint density at radius 3 is 1.47 bits per heavy atom. The maximum absolute atomic E-state index is 12.4. The molecule has 0 unspecified atom stereocenters. The Hall–Kier alpha value is -4.90. The summed E-state index contributed by atoms with van der Waals surface area (Å²) in [5, 5.41) is 9.40. The summed E-state index contributed by atoms with van der Waals surface area (Å²) in [5.74, 6) is -0.717. The third-order valence-corrected chi connectivity index (χ3v) is 8.12. The fraction of sp³-hybridized carbons (Fsp3) is 0.282. The molecule has 12 heteroatoms. The lowest BCUT2D eigenvalue weighted by molar-refractivity contribution is 0.0468. The number of aliphatic hydroxyl groups is 1. The average molecular weight is 740 g/mol. The largest absolute Gasteiger partial charge is 0.496 e. The fourth-order valence-electron chi connectivity index (χ4n) is 4.67. The zero-order valence-corrected chi connectivity index (χ0v) is 30.6. The van der Waals surface area contributed by atoms with Gasteiger partial charge in [-0.1, -0.05) is 72.9 Å². The normalized spacial score (nSPS) is 10.4. The van der Waals surface area contributed by atoms with Crippen molar-refractivity contribution in [1.29, 1.82) is 0 Å². The van der Waals surface area contributed by atoms with Gasteiger partial charge in [-0.15, -0.1) is 0 Å². The van der Waals surface area contributed by atoms with E-state index in [-0.39, 0.29) is 46.0 Å². The molecule has 10 nitrogen and oxygen atoms in total. The quantitative estimate of drug-likeness (QED) is 0.0725. The Bertz CT molecular complexity index is 1820. The molecule has 0 aliphatic heterocycles. The van der Waals surface area contributed by atoms with Gasteiger partial charge in [0.1, 0.15) is 28.4 Å². The van der Waals surface area contributed by atoms with E-state index in [1.54, 1.807) is 86.6 Å². The van der Waals surface area contributed by atoms with Crippen molar-refractivity contribution in [2.75, 3.05) is 34.0 Å². The molecule has 4 rings (SSSR count). The van der Waals surface area contributed by atoms with E-state index in [0.717, 1.165) is 24.0 Å². The Labute approximate surface area is 307 Å². The minimum absolute atomic E-state index is 0.0996. The van der Waals surface area contributed by atoms with Crippen LogP contribution in [0.4, 0.5) is 0 Å². The molecule has 0 amide bonds. The number of carbonyl (C=O) groups is 4. The number of ketones is 2. The number of carbonyl (C=O) groups excluding carboxylic acids is 4. The van der Waals surface area contributed by atoms with Crippen molar-refractivity contribution in [2.24, 2.45) is 0 Å². The second-order valence-corrected chi connectivity index (χ2v) is 11.9. The lowest BCUT2D eigenvalue weighted by atomic mass is 10.1. The second-order valence-electron chi connectivity index (χ2n) is 11.1. The maximum Gasteiger partial charge on any atom is 0.343 e. The third-order valence-electron chi connectivity index (χ3n) is 7.49. The molecule has 0 aliphatic carbocycles. The molecule has 0 atom stereocenters. The van der Waals surface area contributed by atoms with Crippen molar-refractivity contribution in [1.82, 2.24) is 0 Å². The van der Waals surface area contributed by atoms with E-state index < -0.39 is 18.5 Å². The van der Waals surface area contributed by atoms with Crippen LogP contribution in [0.15, 0.2) is 72.8 Å². The van der Waals surface area contributed by atoms with Gasteiger partial charge in [0.25, 0.3) is 0 Å². The highest BCUT2D eigenvalue weighted by atomic mass is 35.5. The SMILES string of the molecule is CCCCOc1ccc(C(=O)COC(=O)c2c(Cl)ccc(C)c2OC)cc1.COc1c(C)ccc(Cl)c1C(=O)OCC(=O)c1ccc(CO)cc1. The highest BCUT2D eigenvalue weighted by molar-refractivity contribution is 6.34. The van der Waals surface area contributed by atoms with Gasteiger partial charge in [0, 0.05) is 11.1 Å². The number of rotatable bonds is 15. The first-order valence-corrected chi connectivity index (χ1v) is 16.7. The van der Waals surface area contributed by atoms with Gasteiger partial charge in [-0.05, 0) is 73.4 Å². The van der Waals surface area contributed by atoms with Crippen LogP contribution in [-0.4, -0.2) is 62.7 Å². The zero-order valence-electron chi connectivity index (χ0n) is 29.0. The molecular weight excluding hydrogens is 699 g/mol. The molecule has 0 fully saturated rings. The van der Waals surface area contributed by atoms with Crippen LogP contribution in [0, 0.1) is 13.8 Å². The van der Waals surface area contributed by atoms with E-state index in [0.29, 0.717) is 40.5 Å². The van der Waals surface area contributed by atoms with Gasteiger partial charge < -0.3 is 28.8 Å². The van der Waals surface area contributed by atoms with Crippen LogP contribution in [-0.2, 0) is 16.1 Å². The van der Waals surface area contributed by atoms with Gasteiger partial charge in [0.05, 0.1) is 37.5 Å². The summed E-state index contributed by atoms with van der Waals surface area (Å²) in [6, 6.07) is 19.8. The fourth-order valence-corrected chi connectivity index (χ4v) is 5.12. The lowest BCUT2D eigenvalue weighted by Gasteiger charge is -2.12. The number of halogens is 2. The van der Waals surface area contributed by atoms with E-state index in [1.807, 2.05) is 0 Å². The second kappa shape index (κ2) is 20.1. The Balaban J connectivity index is 0.000000277. The molecule has 0 saturated carbocycles. The van der Waals surface area contributed by atoms with E-state index in [9.17, 15) is 19.2 Å². The van der Waals surface area contributed by atoms with E-state index in [2.05, 4.69) is 6.92 Å². The monoisotopic (exact) mass is 738 g/mol. The van der Waals surface area contributed by atoms with Gasteiger partial charge >= 0.3 is 11.9 Å². The molecule has 0 aromatic heterocycles. The predicted molar refractivity (Wildman–Crippen MR) is 194 cm³/mol. The summed E-state index contributed by atoms with van der Waals surface area (Å²) in [5.41, 5.74) is 3.22. The summed E-state index contributed by atoms with van der Waals surface area (Å²) in [7, 11) is 2.88. The van der Waals surface area contributed by atoms with Gasteiger partial charge in [-0.25, -0.2) is 9.59 Å². The van der Waals surface area contributed by atoms with Crippen LogP contribution in [0.2, 0.25) is 10.0 Å². The molecule has 0 saturated heterocycles. The van der Waals surface area contributed by atoms with Gasteiger partial charge in [-0.2, -0.15) is 0 Å². The number of aliphatic hydroxyl groups excluding tert-OH is 1. The minimum atomic E-state index is -0.721. The van der Waals surface area contributed by atoms with E-state index in [1.165, 1.54) is 14.2 Å². The predicted octanol–water partition coefficient (Wildman–Crippen LogP) is 8.06. The van der Waals surface area contributed by atoms with Crippen LogP contribution in [0.3, 0.4) is 0 Å². The summed E-state index contributed by atoms with van der Waals surface area (Å²) in [6.45, 7) is 5.40. The molecule has 0 bridgehead atoms. The third kappa shape index (κ3) is 11.3. The lowest BCUT2D eigenvalue weighted by Crippen LogP contribution is -2.15. The number of unbranched alkanes of at least 4 members (excludes halogenated alkanes) is 1.